The van der Waals surface area contributed by atoms with Crippen molar-refractivity contribution in [3.05, 3.63) is 157 Å². The van der Waals surface area contributed by atoms with Crippen LogP contribution in [0, 0.1) is 73.6 Å². The van der Waals surface area contributed by atoms with Crippen molar-refractivity contribution in [1.82, 2.24) is 19.6 Å². The molecule has 7 saturated heterocycles. The molecule has 11 aliphatic heterocycles. The molecule has 9 fully saturated rings. The van der Waals surface area contributed by atoms with Gasteiger partial charge < -0.3 is 82.4 Å². The Kier molecular flexibility index (Phi) is 27.4. The van der Waals surface area contributed by atoms with Gasteiger partial charge in [0.1, 0.15) is 30.5 Å². The largest absolute Gasteiger partial charge is 0.479 e. The van der Waals surface area contributed by atoms with E-state index in [-0.39, 0.29) is 79.5 Å². The highest BCUT2D eigenvalue weighted by Crippen LogP contribution is 2.56. The zero-order valence-corrected chi connectivity index (χ0v) is 67.5. The Morgan fingerprint density at radius 1 is 0.455 bits per heavy atom. The van der Waals surface area contributed by atoms with E-state index in [1.165, 1.54) is 46.6 Å². The highest BCUT2D eigenvalue weighted by atomic mass is 16.8. The van der Waals surface area contributed by atoms with Crippen LogP contribution in [0.2, 0.25) is 0 Å². The van der Waals surface area contributed by atoms with Crippen molar-refractivity contribution in [1.29, 1.82) is 0 Å². The predicted octanol–water partition coefficient (Wildman–Crippen LogP) is 4.13. The molecule has 0 radical (unpaired) electrons. The Balaban J connectivity index is 0.000000141. The van der Waals surface area contributed by atoms with E-state index < -0.39 is 162 Å². The number of hydrogen-bond donors (Lipinski definition) is 5. The molecule has 5 N–H and O–H groups in total. The van der Waals surface area contributed by atoms with Crippen molar-refractivity contribution in [2.75, 3.05) is 13.2 Å². The number of fused-ring (bicyclic) bond motifs is 2. The number of hydrogen-bond acceptors (Lipinski definition) is 28. The summed E-state index contributed by atoms with van der Waals surface area (Å²) in [7, 11) is 0. The Morgan fingerprint density at radius 2 is 0.813 bits per heavy atom. The van der Waals surface area contributed by atoms with E-state index in [0.717, 1.165) is 60.6 Å². The SMILES string of the molecule is C#C[C@@]1(O)[C@H](O)[C@@H](CO)O[C@H]1N1C=CC(=O)CC1=O.C#C[C@@]1(OC(=O)c2ccccc2)[C@H](C)[C@@H](CC)O[C@H]1N1C=CC(=O)CC1=O.C#C[C@@]12OC3(CCCC3)O[C@@H]1[C@@H](C(=O)O)O[C@H]2N1C=CC(=O)CC1=O.C#C[C@@]12OC3(CCCC3)O[C@@H]1[C@@H](CO)O[C@H]2N1C=CC(=O)CC1=O.C#C[C@]1(OC(=O)c2ccccc2)C(OC(=O)c2ccccc2)O[C@H](CC)[C@H]1C. The second-order valence-electron chi connectivity index (χ2n) is 31.1. The molecule has 11 heterocycles. The summed E-state index contributed by atoms with van der Waals surface area (Å²) in [6.45, 7) is 6.68. The van der Waals surface area contributed by atoms with Gasteiger partial charge in [0.2, 0.25) is 46.0 Å². The molecule has 1 unspecified atom stereocenters. The quantitative estimate of drug-likeness (QED) is 0.0618. The topological polar surface area (TPSA) is 430 Å². The first-order chi connectivity index (χ1) is 58.8. The number of nitrogens with zero attached hydrogens (tertiary/aromatic N) is 4. The van der Waals surface area contributed by atoms with E-state index in [4.69, 9.17) is 94.1 Å². The number of ketones is 4. The summed E-state index contributed by atoms with van der Waals surface area (Å²) in [4.78, 5) is 148. The molecule has 3 aromatic carbocycles. The fraction of sp³-hybridized carbons (Fsp3) is 0.467. The molecule has 0 bridgehead atoms. The molecule has 123 heavy (non-hydrogen) atoms. The lowest BCUT2D eigenvalue weighted by molar-refractivity contribution is -0.230. The predicted molar refractivity (Wildman–Crippen MR) is 422 cm³/mol. The minimum Gasteiger partial charge on any atom is -0.479 e. The van der Waals surface area contributed by atoms with Crippen LogP contribution >= 0.6 is 0 Å². The van der Waals surface area contributed by atoms with E-state index >= 15 is 0 Å². The number of carboxylic acids is 1. The lowest BCUT2D eigenvalue weighted by Gasteiger charge is -2.37. The van der Waals surface area contributed by atoms with Crippen LogP contribution in [0.4, 0.5) is 0 Å². The number of amides is 4. The number of benzene rings is 3. The summed E-state index contributed by atoms with van der Waals surface area (Å²) < 4.78 is 70.2. The van der Waals surface area contributed by atoms with Crippen molar-refractivity contribution >= 4 is 70.6 Å². The third-order valence-electron chi connectivity index (χ3n) is 23.6. The summed E-state index contributed by atoms with van der Waals surface area (Å²) in [5.41, 5.74) is -6.88. The van der Waals surface area contributed by atoms with Gasteiger partial charge in [0.25, 0.3) is 6.29 Å². The van der Waals surface area contributed by atoms with Gasteiger partial charge in [0.15, 0.2) is 71.3 Å². The minimum absolute atomic E-state index is 0.239. The molecule has 2 aliphatic carbocycles. The summed E-state index contributed by atoms with van der Waals surface area (Å²) in [5, 5.41) is 48.3. The van der Waals surface area contributed by atoms with Gasteiger partial charge in [0.05, 0.1) is 67.8 Å². The van der Waals surface area contributed by atoms with Crippen LogP contribution < -0.4 is 0 Å². The van der Waals surface area contributed by atoms with Crippen LogP contribution in [0.1, 0.15) is 149 Å². The number of allylic oxidation sites excluding steroid dienone is 4. The summed E-state index contributed by atoms with van der Waals surface area (Å²) in [6.07, 6.45) is 32.3. The zero-order chi connectivity index (χ0) is 88.7. The molecule has 33 heteroatoms. The highest BCUT2D eigenvalue weighted by molar-refractivity contribution is 6.08. The summed E-state index contributed by atoms with van der Waals surface area (Å²) in [6, 6.07) is 25.5. The van der Waals surface area contributed by atoms with E-state index in [2.05, 4.69) is 23.7 Å². The van der Waals surface area contributed by atoms with Crippen LogP contribution in [0.15, 0.2) is 140 Å². The number of rotatable bonds is 15. The first kappa shape index (κ1) is 90.6. The highest BCUT2D eigenvalue weighted by Gasteiger charge is 2.73. The van der Waals surface area contributed by atoms with Crippen molar-refractivity contribution < 1.29 is 140 Å². The van der Waals surface area contributed by atoms with Gasteiger partial charge in [-0.05, 0) is 99.2 Å². The maximum absolute atomic E-state index is 12.7. The molecule has 3 aromatic rings. The Bertz CT molecular complexity index is 4950. The Morgan fingerprint density at radius 3 is 1.20 bits per heavy atom. The molecular formula is C90H92N4O29. The first-order valence-electron chi connectivity index (χ1n) is 40.0. The van der Waals surface area contributed by atoms with Crippen molar-refractivity contribution in [2.45, 2.75) is 237 Å². The summed E-state index contributed by atoms with van der Waals surface area (Å²) >= 11 is 0. The van der Waals surface area contributed by atoms with Crippen LogP contribution in [-0.4, -0.2) is 249 Å². The van der Waals surface area contributed by atoms with Gasteiger partial charge in [0, 0.05) is 62.3 Å². The van der Waals surface area contributed by atoms with Gasteiger partial charge in [-0.2, -0.15) is 0 Å². The van der Waals surface area contributed by atoms with Gasteiger partial charge >= 0.3 is 23.9 Å². The Hall–Kier alpha value is -11.7. The molecular weight excluding hydrogens is 1600 g/mol. The number of ether oxygens (including phenoxy) is 12. The molecule has 0 aromatic heterocycles. The Labute approximate surface area is 707 Å². The van der Waals surface area contributed by atoms with Gasteiger partial charge in [-0.3, -0.25) is 58.0 Å². The van der Waals surface area contributed by atoms with Crippen molar-refractivity contribution in [3.63, 3.8) is 0 Å². The fourth-order valence-electron chi connectivity index (χ4n) is 17.1. The molecule has 20 atom stereocenters. The number of aliphatic hydroxyl groups is 4. The molecule has 2 saturated carbocycles. The lowest BCUT2D eigenvalue weighted by atomic mass is 9.85. The van der Waals surface area contributed by atoms with E-state index in [1.807, 2.05) is 33.6 Å². The van der Waals surface area contributed by atoms with Crippen LogP contribution in [-0.2, 0) is 100.0 Å². The van der Waals surface area contributed by atoms with Gasteiger partial charge in [-0.25, -0.2) is 19.2 Å². The average molecular weight is 1690 g/mol. The smallest absolute Gasteiger partial charge is 0.340 e. The van der Waals surface area contributed by atoms with Crippen LogP contribution in [0.3, 0.4) is 0 Å². The maximum atomic E-state index is 12.7. The number of aliphatic carboxylic acids is 1. The number of terminal acetylenes is 5. The number of carbonyl (C=O) groups is 12. The van der Waals surface area contributed by atoms with Crippen LogP contribution in [0.5, 0.6) is 0 Å². The fourth-order valence-corrected chi connectivity index (χ4v) is 17.1. The molecule has 2 spiro atoms. The van der Waals surface area contributed by atoms with E-state index in [1.54, 1.807) is 91.0 Å². The normalized spacial score (nSPS) is 34.4. The third kappa shape index (κ3) is 17.3. The number of aliphatic hydroxyl groups excluding tert-OH is 3. The lowest BCUT2D eigenvalue weighted by Crippen LogP contribution is -2.55. The number of esters is 3. The number of carbonyl (C=O) groups excluding carboxylic acids is 11. The molecule has 16 rings (SSSR count). The van der Waals surface area contributed by atoms with E-state index in [9.17, 15) is 78.0 Å². The second-order valence-corrected chi connectivity index (χ2v) is 31.1. The minimum atomic E-state index is -2.15. The van der Waals surface area contributed by atoms with Crippen molar-refractivity contribution in [2.24, 2.45) is 11.8 Å². The zero-order valence-electron chi connectivity index (χ0n) is 67.5. The van der Waals surface area contributed by atoms with E-state index in [0.29, 0.717) is 42.4 Å². The van der Waals surface area contributed by atoms with Gasteiger partial charge in [-0.15, -0.1) is 32.1 Å². The molecule has 646 valence electrons. The first-order valence-corrected chi connectivity index (χ1v) is 40.0. The maximum Gasteiger partial charge on any atom is 0.340 e. The van der Waals surface area contributed by atoms with Crippen LogP contribution in [0.25, 0.3) is 0 Å². The van der Waals surface area contributed by atoms with Crippen molar-refractivity contribution in [3.8, 4) is 61.7 Å². The van der Waals surface area contributed by atoms with Gasteiger partial charge in [-0.1, -0.05) is 112 Å². The second kappa shape index (κ2) is 37.2. The molecule has 4 amide bonds. The average Bonchev–Trinajstić information content (AvgIpc) is 1.55. The summed E-state index contributed by atoms with van der Waals surface area (Å²) in [5.74, 6) is 3.62. The standard InChI is InChI=1S/C23H22O5.C21H21NO5.C17H17NO7.C17H19NO6.C12H13NO6/c1-4-19-16(3)23(5-2,28-21(25)18-14-10-7-11-15-18)22(26-19)27-20(24)17-12-8-6-9-13-17;1-4-17-14(3)21(5-2,27-19(25)15-9-7-6-8-10-15)20(26-17)22-12-11-16(23)13-18(22)24;1-2-17-13(24-16(25-17)6-3-4-7-16)12(14(21)22)23-15(17)18-8-5-10(19)9-11(18)20;1-2-17-14(23-16(24-17)6-3-4-7-16)12(10-19)22-15(17)18-8-5-11(20)9-13(18)21;1-2-12(18)10(17)8(6-14)19-11(12)13-4-3-7(15)5-9(13)16/h2,6-16,19,22H,4H2,1,3H3;2,6-12,14,17,20H,4,13H2,1,3H3;1,5,8,12-13,15H,3-4,6-7,9H2,(H,21,22);1,5,8,12,14-15,19H,3-4,6-7,9-10H2;1,3-4,8,10-11,14,17-18H,5-6H2/t16-,19-,22?,23-;14-,17-,20-,21-;12-,13+,15+,17+;12-,14-,15-,17-;8-,10-,11-,12-/m11011/s1. The molecule has 33 nitrogen and oxygen atoms in total. The molecule has 13 aliphatic rings. The number of carboxylic acid groups (broad SMARTS) is 1. The monoisotopic (exact) mass is 1690 g/mol. The third-order valence-corrected chi connectivity index (χ3v) is 23.6.